The maximum Gasteiger partial charge on any atom is 0.240 e. The summed E-state index contributed by atoms with van der Waals surface area (Å²) in [5.74, 6) is 1.38. The molecular formula is C20H27FN4O3. The Morgan fingerprint density at radius 3 is 2.71 bits per heavy atom. The molecule has 0 unspecified atom stereocenters. The van der Waals surface area contributed by atoms with Crippen molar-refractivity contribution in [2.45, 2.75) is 38.5 Å². The van der Waals surface area contributed by atoms with Gasteiger partial charge in [-0.2, -0.15) is 4.98 Å². The summed E-state index contributed by atoms with van der Waals surface area (Å²) in [7, 11) is 0. The lowest BCUT2D eigenvalue weighted by Crippen LogP contribution is -2.35. The van der Waals surface area contributed by atoms with Gasteiger partial charge in [-0.3, -0.25) is 9.80 Å². The SMILES string of the molecule is Fc1ccc(OCc2noc(CN3CCCN(C[C@@H]4CCCO4)CC3)n2)cc1. The number of ether oxygens (including phenoxy) is 2. The minimum Gasteiger partial charge on any atom is -0.485 e. The highest BCUT2D eigenvalue weighted by Crippen LogP contribution is 2.16. The predicted octanol–water partition coefficient (Wildman–Crippen LogP) is 2.47. The van der Waals surface area contributed by atoms with Crippen molar-refractivity contribution < 1.29 is 18.4 Å². The minimum absolute atomic E-state index is 0.199. The van der Waals surface area contributed by atoms with Gasteiger partial charge in [-0.05, 0) is 56.6 Å². The third kappa shape index (κ3) is 5.50. The third-order valence-corrected chi connectivity index (χ3v) is 5.22. The van der Waals surface area contributed by atoms with Gasteiger partial charge in [0, 0.05) is 26.2 Å². The Labute approximate surface area is 164 Å². The Bertz CT molecular complexity index is 733. The third-order valence-electron chi connectivity index (χ3n) is 5.22. The van der Waals surface area contributed by atoms with Gasteiger partial charge >= 0.3 is 0 Å². The number of nitrogens with zero attached hydrogens (tertiary/aromatic N) is 4. The molecule has 0 amide bonds. The number of hydrogen-bond donors (Lipinski definition) is 0. The van der Waals surface area contributed by atoms with Gasteiger partial charge in [0.15, 0.2) is 6.61 Å². The van der Waals surface area contributed by atoms with E-state index in [0.717, 1.165) is 45.8 Å². The number of aromatic nitrogens is 2. The van der Waals surface area contributed by atoms with Crippen LogP contribution in [0.3, 0.4) is 0 Å². The molecule has 0 aliphatic carbocycles. The van der Waals surface area contributed by atoms with Gasteiger partial charge in [0.1, 0.15) is 11.6 Å². The highest BCUT2D eigenvalue weighted by molar-refractivity contribution is 5.22. The maximum atomic E-state index is 12.9. The lowest BCUT2D eigenvalue weighted by molar-refractivity contribution is 0.0741. The van der Waals surface area contributed by atoms with Crippen LogP contribution in [0.2, 0.25) is 0 Å². The van der Waals surface area contributed by atoms with Gasteiger partial charge in [0.05, 0.1) is 12.6 Å². The second kappa shape index (κ2) is 9.45. The molecule has 0 N–H and O–H groups in total. The molecule has 1 aromatic carbocycles. The van der Waals surface area contributed by atoms with Crippen LogP contribution in [0.25, 0.3) is 0 Å². The second-order valence-corrected chi connectivity index (χ2v) is 7.41. The summed E-state index contributed by atoms with van der Waals surface area (Å²) in [6, 6.07) is 5.88. The zero-order valence-corrected chi connectivity index (χ0v) is 16.1. The summed E-state index contributed by atoms with van der Waals surface area (Å²) >= 11 is 0. The Hall–Kier alpha value is -2.03. The molecule has 0 saturated carbocycles. The van der Waals surface area contributed by atoms with Crippen molar-refractivity contribution in [1.29, 1.82) is 0 Å². The van der Waals surface area contributed by atoms with Gasteiger partial charge in [-0.15, -0.1) is 0 Å². The summed E-state index contributed by atoms with van der Waals surface area (Å²) in [5.41, 5.74) is 0. The van der Waals surface area contributed by atoms with Crippen LogP contribution < -0.4 is 4.74 Å². The molecule has 4 rings (SSSR count). The fourth-order valence-corrected chi connectivity index (χ4v) is 3.72. The van der Waals surface area contributed by atoms with E-state index in [0.29, 0.717) is 30.1 Å². The van der Waals surface area contributed by atoms with Crippen molar-refractivity contribution in [3.8, 4) is 5.75 Å². The smallest absolute Gasteiger partial charge is 0.240 e. The first-order valence-electron chi connectivity index (χ1n) is 10.0. The highest BCUT2D eigenvalue weighted by atomic mass is 19.1. The van der Waals surface area contributed by atoms with Crippen LogP contribution >= 0.6 is 0 Å². The van der Waals surface area contributed by atoms with Gasteiger partial charge in [-0.25, -0.2) is 4.39 Å². The average molecular weight is 390 g/mol. The summed E-state index contributed by atoms with van der Waals surface area (Å²) in [4.78, 5) is 9.28. The quantitative estimate of drug-likeness (QED) is 0.720. The number of rotatable bonds is 7. The fourth-order valence-electron chi connectivity index (χ4n) is 3.72. The minimum atomic E-state index is -0.291. The number of benzene rings is 1. The molecule has 2 fully saturated rings. The van der Waals surface area contributed by atoms with E-state index in [2.05, 4.69) is 19.9 Å². The lowest BCUT2D eigenvalue weighted by atomic mass is 10.2. The first-order chi connectivity index (χ1) is 13.7. The number of halogens is 1. The molecule has 2 aliphatic heterocycles. The molecule has 0 spiro atoms. The molecule has 0 radical (unpaired) electrons. The van der Waals surface area contributed by atoms with Crippen molar-refractivity contribution in [2.24, 2.45) is 0 Å². The standard InChI is InChI=1S/C20H27FN4O3/c21-16-4-6-17(7-5-16)27-15-19-22-20(28-23-19)14-25-9-2-8-24(10-11-25)13-18-3-1-12-26-18/h4-7,18H,1-3,8-15H2/t18-/m0/s1. The van der Waals surface area contributed by atoms with Crippen molar-refractivity contribution >= 4 is 0 Å². The van der Waals surface area contributed by atoms with Gasteiger partial charge in [0.25, 0.3) is 0 Å². The first-order valence-corrected chi connectivity index (χ1v) is 10.0. The molecule has 1 atom stereocenters. The van der Waals surface area contributed by atoms with Crippen LogP contribution in [-0.2, 0) is 17.9 Å². The molecule has 152 valence electrons. The number of hydrogen-bond acceptors (Lipinski definition) is 7. The van der Waals surface area contributed by atoms with Gasteiger partial charge in [0.2, 0.25) is 11.7 Å². The topological polar surface area (TPSA) is 63.9 Å². The Kier molecular flexibility index (Phi) is 6.51. The van der Waals surface area contributed by atoms with Crippen LogP contribution in [0.5, 0.6) is 5.75 Å². The van der Waals surface area contributed by atoms with Crippen molar-refractivity contribution in [3.63, 3.8) is 0 Å². The van der Waals surface area contributed by atoms with E-state index in [-0.39, 0.29) is 12.4 Å². The summed E-state index contributed by atoms with van der Waals surface area (Å²) < 4.78 is 29.6. The molecule has 2 aliphatic rings. The molecule has 3 heterocycles. The van der Waals surface area contributed by atoms with Crippen molar-refractivity contribution in [3.05, 3.63) is 41.8 Å². The Balaban J connectivity index is 1.22. The normalized spacial score (nSPS) is 21.7. The van der Waals surface area contributed by atoms with Crippen molar-refractivity contribution in [2.75, 3.05) is 39.3 Å². The fraction of sp³-hybridized carbons (Fsp3) is 0.600. The zero-order chi connectivity index (χ0) is 19.2. The molecule has 2 saturated heterocycles. The van der Waals surface area contributed by atoms with Crippen LogP contribution in [0, 0.1) is 5.82 Å². The van der Waals surface area contributed by atoms with E-state index in [1.807, 2.05) is 0 Å². The highest BCUT2D eigenvalue weighted by Gasteiger charge is 2.22. The van der Waals surface area contributed by atoms with Crippen LogP contribution in [0.1, 0.15) is 31.0 Å². The Morgan fingerprint density at radius 1 is 1.07 bits per heavy atom. The summed E-state index contributed by atoms with van der Waals surface area (Å²) in [5, 5.41) is 3.98. The van der Waals surface area contributed by atoms with Crippen LogP contribution in [-0.4, -0.2) is 65.4 Å². The molecular weight excluding hydrogens is 363 g/mol. The van der Waals surface area contributed by atoms with Gasteiger partial charge < -0.3 is 14.0 Å². The lowest BCUT2D eigenvalue weighted by Gasteiger charge is -2.23. The maximum absolute atomic E-state index is 12.9. The molecule has 8 heteroatoms. The summed E-state index contributed by atoms with van der Waals surface area (Å²) in [6.45, 7) is 6.95. The molecule has 1 aromatic heterocycles. The largest absolute Gasteiger partial charge is 0.485 e. The predicted molar refractivity (Wildman–Crippen MR) is 100 cm³/mol. The van der Waals surface area contributed by atoms with E-state index < -0.39 is 0 Å². The molecule has 2 aromatic rings. The van der Waals surface area contributed by atoms with E-state index in [9.17, 15) is 4.39 Å². The second-order valence-electron chi connectivity index (χ2n) is 7.41. The van der Waals surface area contributed by atoms with Crippen LogP contribution in [0.15, 0.2) is 28.8 Å². The Morgan fingerprint density at radius 2 is 1.89 bits per heavy atom. The summed E-state index contributed by atoms with van der Waals surface area (Å²) in [6.07, 6.45) is 3.91. The van der Waals surface area contributed by atoms with Gasteiger partial charge in [-0.1, -0.05) is 5.16 Å². The molecule has 28 heavy (non-hydrogen) atoms. The monoisotopic (exact) mass is 390 g/mol. The van der Waals surface area contributed by atoms with Crippen LogP contribution in [0.4, 0.5) is 4.39 Å². The van der Waals surface area contributed by atoms with E-state index in [4.69, 9.17) is 14.0 Å². The zero-order valence-electron chi connectivity index (χ0n) is 16.1. The molecule has 0 bridgehead atoms. The van der Waals surface area contributed by atoms with Crippen molar-refractivity contribution in [1.82, 2.24) is 19.9 Å². The van der Waals surface area contributed by atoms with E-state index in [1.165, 1.54) is 25.0 Å². The van der Waals surface area contributed by atoms with E-state index >= 15 is 0 Å². The average Bonchev–Trinajstić information content (AvgIpc) is 3.32. The first kappa shape index (κ1) is 19.3. The van der Waals surface area contributed by atoms with E-state index in [1.54, 1.807) is 12.1 Å². The molecule has 7 nitrogen and oxygen atoms in total.